The summed E-state index contributed by atoms with van der Waals surface area (Å²) in [5.41, 5.74) is 1.78. The summed E-state index contributed by atoms with van der Waals surface area (Å²) in [6, 6.07) is 20.4. The van der Waals surface area contributed by atoms with Gasteiger partial charge in [-0.05, 0) is 22.9 Å². The molecular formula is C22H18N4. The molecule has 4 rings (SSSR count). The maximum Gasteiger partial charge on any atom is 0.0886 e. The SMILES string of the molecule is C(=NCCN=Cc1nccc2ccccc12)c1nccc2ccccc12. The highest BCUT2D eigenvalue weighted by molar-refractivity contribution is 5.98. The summed E-state index contributed by atoms with van der Waals surface area (Å²) in [4.78, 5) is 17.7. The first-order chi connectivity index (χ1) is 12.9. The molecule has 2 aromatic carbocycles. The van der Waals surface area contributed by atoms with Crippen molar-refractivity contribution < 1.29 is 0 Å². The predicted molar refractivity (Wildman–Crippen MR) is 108 cm³/mol. The molecule has 4 heteroatoms. The van der Waals surface area contributed by atoms with Crippen molar-refractivity contribution in [3.8, 4) is 0 Å². The second kappa shape index (κ2) is 7.66. The van der Waals surface area contributed by atoms with Crippen LogP contribution in [-0.4, -0.2) is 35.5 Å². The molecule has 0 aliphatic carbocycles. The van der Waals surface area contributed by atoms with E-state index >= 15 is 0 Å². The van der Waals surface area contributed by atoms with Gasteiger partial charge in [0.15, 0.2) is 0 Å². The average molecular weight is 338 g/mol. The van der Waals surface area contributed by atoms with Crippen LogP contribution in [0.4, 0.5) is 0 Å². The Morgan fingerprint density at radius 1 is 0.615 bits per heavy atom. The minimum Gasteiger partial charge on any atom is -0.289 e. The molecule has 126 valence electrons. The van der Waals surface area contributed by atoms with E-state index < -0.39 is 0 Å². The Kier molecular flexibility index (Phi) is 4.74. The van der Waals surface area contributed by atoms with E-state index in [4.69, 9.17) is 0 Å². The van der Waals surface area contributed by atoms with Crippen molar-refractivity contribution in [3.63, 3.8) is 0 Å². The molecule has 0 aliphatic heterocycles. The van der Waals surface area contributed by atoms with Crippen LogP contribution < -0.4 is 0 Å². The summed E-state index contributed by atoms with van der Waals surface area (Å²) in [6.45, 7) is 1.23. The summed E-state index contributed by atoms with van der Waals surface area (Å²) >= 11 is 0. The molecule has 0 spiro atoms. The van der Waals surface area contributed by atoms with Gasteiger partial charge in [-0.15, -0.1) is 0 Å². The van der Waals surface area contributed by atoms with Gasteiger partial charge in [-0.2, -0.15) is 0 Å². The van der Waals surface area contributed by atoms with Crippen molar-refractivity contribution in [2.24, 2.45) is 9.98 Å². The predicted octanol–water partition coefficient (Wildman–Crippen LogP) is 4.32. The topological polar surface area (TPSA) is 50.5 Å². The third-order valence-corrected chi connectivity index (χ3v) is 4.19. The summed E-state index contributed by atoms with van der Waals surface area (Å²) in [5.74, 6) is 0. The molecule has 0 fully saturated rings. The molecular weight excluding hydrogens is 320 g/mol. The Morgan fingerprint density at radius 2 is 1.08 bits per heavy atom. The van der Waals surface area contributed by atoms with Gasteiger partial charge in [-0.1, -0.05) is 48.5 Å². The number of aromatic nitrogens is 2. The van der Waals surface area contributed by atoms with Crippen molar-refractivity contribution in [2.45, 2.75) is 0 Å². The Morgan fingerprint density at radius 3 is 1.58 bits per heavy atom. The minimum absolute atomic E-state index is 0.617. The van der Waals surface area contributed by atoms with Gasteiger partial charge in [-0.3, -0.25) is 20.0 Å². The Hall–Kier alpha value is -3.40. The Labute approximate surface area is 152 Å². The number of rotatable bonds is 5. The van der Waals surface area contributed by atoms with Gasteiger partial charge in [0.05, 0.1) is 24.5 Å². The van der Waals surface area contributed by atoms with Crippen molar-refractivity contribution in [2.75, 3.05) is 13.1 Å². The lowest BCUT2D eigenvalue weighted by Crippen LogP contribution is -1.94. The molecule has 0 bridgehead atoms. The molecule has 4 aromatic rings. The minimum atomic E-state index is 0.617. The fraction of sp³-hybridized carbons (Fsp3) is 0.0909. The number of hydrogen-bond donors (Lipinski definition) is 0. The molecule has 0 saturated carbocycles. The van der Waals surface area contributed by atoms with Crippen LogP contribution in [0.25, 0.3) is 21.5 Å². The second-order valence-corrected chi connectivity index (χ2v) is 5.91. The molecule has 0 saturated heterocycles. The Balaban J connectivity index is 1.42. The van der Waals surface area contributed by atoms with Crippen molar-refractivity contribution in [1.82, 2.24) is 9.97 Å². The van der Waals surface area contributed by atoms with Crippen LogP contribution in [0, 0.1) is 0 Å². The van der Waals surface area contributed by atoms with Crippen LogP contribution >= 0.6 is 0 Å². The van der Waals surface area contributed by atoms with Crippen LogP contribution in [-0.2, 0) is 0 Å². The average Bonchev–Trinajstić information content (AvgIpc) is 2.71. The largest absolute Gasteiger partial charge is 0.289 e. The normalized spacial score (nSPS) is 11.8. The third-order valence-electron chi connectivity index (χ3n) is 4.19. The molecule has 0 N–H and O–H groups in total. The molecule has 0 unspecified atom stereocenters. The zero-order chi connectivity index (χ0) is 17.6. The lowest BCUT2D eigenvalue weighted by atomic mass is 10.1. The van der Waals surface area contributed by atoms with Gasteiger partial charge in [-0.25, -0.2) is 0 Å². The van der Waals surface area contributed by atoms with E-state index in [1.165, 1.54) is 10.8 Å². The highest BCUT2D eigenvalue weighted by Gasteiger charge is 1.99. The van der Waals surface area contributed by atoms with E-state index in [-0.39, 0.29) is 0 Å². The summed E-state index contributed by atoms with van der Waals surface area (Å²) in [5, 5.41) is 4.57. The molecule has 0 atom stereocenters. The summed E-state index contributed by atoms with van der Waals surface area (Å²) in [6.07, 6.45) is 7.28. The fourth-order valence-corrected chi connectivity index (χ4v) is 2.91. The van der Waals surface area contributed by atoms with Crippen LogP contribution in [0.3, 0.4) is 0 Å². The van der Waals surface area contributed by atoms with E-state index in [1.54, 1.807) is 0 Å². The number of nitrogens with zero attached hydrogens (tertiary/aromatic N) is 4. The van der Waals surface area contributed by atoms with E-state index in [9.17, 15) is 0 Å². The first-order valence-corrected chi connectivity index (χ1v) is 8.59. The molecule has 0 aliphatic rings. The molecule has 4 nitrogen and oxygen atoms in total. The monoisotopic (exact) mass is 338 g/mol. The number of aliphatic imine (C=N–C) groups is 2. The van der Waals surface area contributed by atoms with Crippen LogP contribution in [0.5, 0.6) is 0 Å². The van der Waals surface area contributed by atoms with E-state index in [0.717, 1.165) is 22.2 Å². The number of hydrogen-bond acceptors (Lipinski definition) is 4. The van der Waals surface area contributed by atoms with Crippen molar-refractivity contribution in [1.29, 1.82) is 0 Å². The second-order valence-electron chi connectivity index (χ2n) is 5.91. The van der Waals surface area contributed by atoms with Crippen LogP contribution in [0.15, 0.2) is 83.0 Å². The molecule has 26 heavy (non-hydrogen) atoms. The Bertz CT molecular complexity index is 999. The summed E-state index contributed by atoms with van der Waals surface area (Å²) in [7, 11) is 0. The molecule has 2 aromatic heterocycles. The molecule has 0 radical (unpaired) electrons. The standard InChI is InChI=1S/C22H18N4/c1-3-7-19-17(5-1)9-11-25-21(19)15-23-13-14-24-16-22-20-8-4-2-6-18(20)10-12-26-22/h1-12,15-16H,13-14H2. The van der Waals surface area contributed by atoms with Gasteiger partial charge < -0.3 is 0 Å². The summed E-state index contributed by atoms with van der Waals surface area (Å²) < 4.78 is 0. The van der Waals surface area contributed by atoms with Gasteiger partial charge >= 0.3 is 0 Å². The van der Waals surface area contributed by atoms with Gasteiger partial charge in [0, 0.05) is 35.6 Å². The quantitative estimate of drug-likeness (QED) is 0.402. The maximum atomic E-state index is 4.46. The zero-order valence-electron chi connectivity index (χ0n) is 14.3. The first-order valence-electron chi connectivity index (χ1n) is 8.59. The van der Waals surface area contributed by atoms with Gasteiger partial charge in [0.1, 0.15) is 0 Å². The van der Waals surface area contributed by atoms with Crippen molar-refractivity contribution in [3.05, 3.63) is 84.4 Å². The van der Waals surface area contributed by atoms with Crippen LogP contribution in [0.2, 0.25) is 0 Å². The van der Waals surface area contributed by atoms with Crippen LogP contribution in [0.1, 0.15) is 11.4 Å². The lowest BCUT2D eigenvalue weighted by Gasteiger charge is -2.00. The maximum absolute atomic E-state index is 4.46. The number of pyridine rings is 2. The van der Waals surface area contributed by atoms with Gasteiger partial charge in [0.25, 0.3) is 0 Å². The van der Waals surface area contributed by atoms with E-state index in [2.05, 4.69) is 44.2 Å². The van der Waals surface area contributed by atoms with E-state index in [1.807, 2.05) is 61.2 Å². The van der Waals surface area contributed by atoms with Gasteiger partial charge in [0.2, 0.25) is 0 Å². The lowest BCUT2D eigenvalue weighted by molar-refractivity contribution is 0.983. The highest BCUT2D eigenvalue weighted by atomic mass is 14.8. The first kappa shape index (κ1) is 16.1. The van der Waals surface area contributed by atoms with Crippen molar-refractivity contribution >= 4 is 34.0 Å². The van der Waals surface area contributed by atoms with E-state index in [0.29, 0.717) is 13.1 Å². The third kappa shape index (κ3) is 3.49. The number of benzene rings is 2. The number of fused-ring (bicyclic) bond motifs is 2. The zero-order valence-corrected chi connectivity index (χ0v) is 14.3. The highest BCUT2D eigenvalue weighted by Crippen LogP contribution is 2.15. The fourth-order valence-electron chi connectivity index (χ4n) is 2.91. The molecule has 0 amide bonds. The molecule has 2 heterocycles. The smallest absolute Gasteiger partial charge is 0.0886 e.